The molecule has 4 heteroatoms. The van der Waals surface area contributed by atoms with Gasteiger partial charge in [-0.15, -0.1) is 0 Å². The van der Waals surface area contributed by atoms with Gasteiger partial charge in [0.15, 0.2) is 0 Å². The number of hydrogen-bond donors (Lipinski definition) is 1. The molecule has 0 unspecified atom stereocenters. The molecule has 0 saturated carbocycles. The standard InChI is InChI=1S/C22H21NO3/c1-16-13-21(22(25)18-8-10-20(26-2)11-9-18)23(15-16)12-4-6-17-5-3-7-19(24)14-17/h3-11,13-15,24H,12H2,1-2H3/b6-4+. The summed E-state index contributed by atoms with van der Waals surface area (Å²) in [6, 6.07) is 16.1. The second-order valence-corrected chi connectivity index (χ2v) is 6.11. The lowest BCUT2D eigenvalue weighted by atomic mass is 10.1. The van der Waals surface area contributed by atoms with Crippen molar-refractivity contribution in [2.45, 2.75) is 13.5 Å². The van der Waals surface area contributed by atoms with Crippen molar-refractivity contribution in [2.24, 2.45) is 0 Å². The van der Waals surface area contributed by atoms with E-state index in [1.807, 2.05) is 42.0 Å². The van der Waals surface area contributed by atoms with Gasteiger partial charge in [0.2, 0.25) is 5.78 Å². The first-order valence-corrected chi connectivity index (χ1v) is 8.38. The van der Waals surface area contributed by atoms with E-state index >= 15 is 0 Å². The van der Waals surface area contributed by atoms with Gasteiger partial charge in [0.25, 0.3) is 0 Å². The predicted octanol–water partition coefficient (Wildman–Crippen LogP) is 4.46. The Balaban J connectivity index is 1.80. The van der Waals surface area contributed by atoms with E-state index in [1.54, 1.807) is 49.6 Å². The van der Waals surface area contributed by atoms with Gasteiger partial charge in [-0.2, -0.15) is 0 Å². The van der Waals surface area contributed by atoms with Gasteiger partial charge in [-0.05, 0) is 60.5 Å². The van der Waals surface area contributed by atoms with Gasteiger partial charge in [0.1, 0.15) is 11.5 Å². The van der Waals surface area contributed by atoms with Crippen molar-refractivity contribution in [1.82, 2.24) is 4.57 Å². The van der Waals surface area contributed by atoms with Crippen molar-refractivity contribution in [3.05, 3.63) is 89.3 Å². The Morgan fingerprint density at radius 2 is 1.92 bits per heavy atom. The summed E-state index contributed by atoms with van der Waals surface area (Å²) >= 11 is 0. The lowest BCUT2D eigenvalue weighted by molar-refractivity contribution is 0.103. The fraction of sp³-hybridized carbons (Fsp3) is 0.136. The summed E-state index contributed by atoms with van der Waals surface area (Å²) in [6.07, 6.45) is 5.86. The van der Waals surface area contributed by atoms with Crippen LogP contribution in [-0.4, -0.2) is 22.6 Å². The zero-order valence-corrected chi connectivity index (χ0v) is 14.8. The molecule has 0 fully saturated rings. The number of hydrogen-bond acceptors (Lipinski definition) is 3. The number of aromatic hydroxyl groups is 1. The monoisotopic (exact) mass is 347 g/mol. The summed E-state index contributed by atoms with van der Waals surface area (Å²) in [6.45, 7) is 2.54. The van der Waals surface area contributed by atoms with E-state index in [9.17, 15) is 9.90 Å². The number of allylic oxidation sites excluding steroid dienone is 1. The highest BCUT2D eigenvalue weighted by atomic mass is 16.5. The van der Waals surface area contributed by atoms with Crippen LogP contribution in [0.15, 0.2) is 66.9 Å². The molecule has 26 heavy (non-hydrogen) atoms. The number of rotatable bonds is 6. The molecule has 0 radical (unpaired) electrons. The molecule has 0 aliphatic heterocycles. The normalized spacial score (nSPS) is 11.0. The van der Waals surface area contributed by atoms with Gasteiger partial charge in [0, 0.05) is 18.3 Å². The number of nitrogens with zero attached hydrogens (tertiary/aromatic N) is 1. The smallest absolute Gasteiger partial charge is 0.209 e. The molecule has 0 bridgehead atoms. The highest BCUT2D eigenvalue weighted by Gasteiger charge is 2.14. The van der Waals surface area contributed by atoms with Crippen molar-refractivity contribution in [3.8, 4) is 11.5 Å². The summed E-state index contributed by atoms with van der Waals surface area (Å²) in [7, 11) is 1.60. The molecule has 2 aromatic carbocycles. The Hall–Kier alpha value is -3.27. The highest BCUT2D eigenvalue weighted by Crippen LogP contribution is 2.18. The fourth-order valence-electron chi connectivity index (χ4n) is 2.82. The first-order chi connectivity index (χ1) is 12.6. The Morgan fingerprint density at radius 3 is 2.62 bits per heavy atom. The maximum atomic E-state index is 12.8. The number of methoxy groups -OCH3 is 1. The van der Waals surface area contributed by atoms with E-state index < -0.39 is 0 Å². The van der Waals surface area contributed by atoms with E-state index in [4.69, 9.17) is 4.74 Å². The quantitative estimate of drug-likeness (QED) is 0.670. The van der Waals surface area contributed by atoms with Gasteiger partial charge < -0.3 is 14.4 Å². The first-order valence-electron chi connectivity index (χ1n) is 8.38. The number of phenolic OH excluding ortho intramolecular Hbond substituents is 1. The molecule has 4 nitrogen and oxygen atoms in total. The number of carbonyl (C=O) groups excluding carboxylic acids is 1. The van der Waals surface area contributed by atoms with Crippen LogP contribution in [-0.2, 0) is 6.54 Å². The zero-order valence-electron chi connectivity index (χ0n) is 14.8. The number of benzene rings is 2. The number of phenols is 1. The number of ketones is 1. The third-order valence-corrected chi connectivity index (χ3v) is 4.10. The minimum Gasteiger partial charge on any atom is -0.508 e. The van der Waals surface area contributed by atoms with Crippen LogP contribution in [0.4, 0.5) is 0 Å². The molecule has 0 saturated heterocycles. The number of ether oxygens (including phenoxy) is 1. The predicted molar refractivity (Wildman–Crippen MR) is 103 cm³/mol. The average Bonchev–Trinajstić information content (AvgIpc) is 3.02. The average molecular weight is 347 g/mol. The van der Waals surface area contributed by atoms with Crippen LogP contribution >= 0.6 is 0 Å². The van der Waals surface area contributed by atoms with Crippen LogP contribution in [0.3, 0.4) is 0 Å². The van der Waals surface area contributed by atoms with Gasteiger partial charge in [-0.25, -0.2) is 0 Å². The third kappa shape index (κ3) is 4.03. The summed E-state index contributed by atoms with van der Waals surface area (Å²) in [5, 5.41) is 9.52. The van der Waals surface area contributed by atoms with E-state index in [0.29, 0.717) is 17.8 Å². The van der Waals surface area contributed by atoms with Gasteiger partial charge in [-0.1, -0.05) is 24.3 Å². The van der Waals surface area contributed by atoms with Crippen LogP contribution in [0, 0.1) is 6.92 Å². The minimum absolute atomic E-state index is 0.0218. The molecule has 3 rings (SSSR count). The van der Waals surface area contributed by atoms with Crippen molar-refractivity contribution in [2.75, 3.05) is 7.11 Å². The molecule has 3 aromatic rings. The molecule has 0 aliphatic carbocycles. The van der Waals surface area contributed by atoms with E-state index in [1.165, 1.54) is 0 Å². The number of carbonyl (C=O) groups is 1. The van der Waals surface area contributed by atoms with Gasteiger partial charge in [-0.3, -0.25) is 4.79 Å². The SMILES string of the molecule is COc1ccc(C(=O)c2cc(C)cn2C/C=C/c2cccc(O)c2)cc1. The van der Waals surface area contributed by atoms with Crippen molar-refractivity contribution < 1.29 is 14.6 Å². The third-order valence-electron chi connectivity index (χ3n) is 4.10. The molecule has 1 N–H and O–H groups in total. The number of aryl methyl sites for hydroxylation is 1. The Kier molecular flexibility index (Phi) is 5.23. The summed E-state index contributed by atoms with van der Waals surface area (Å²) in [5.74, 6) is 0.938. The van der Waals surface area contributed by atoms with E-state index in [2.05, 4.69) is 0 Å². The van der Waals surface area contributed by atoms with Crippen LogP contribution in [0.2, 0.25) is 0 Å². The lowest BCUT2D eigenvalue weighted by Crippen LogP contribution is -2.09. The summed E-state index contributed by atoms with van der Waals surface area (Å²) in [5.41, 5.74) is 3.22. The second kappa shape index (κ2) is 7.74. The van der Waals surface area contributed by atoms with Crippen LogP contribution in [0.25, 0.3) is 6.08 Å². The minimum atomic E-state index is -0.0218. The Bertz CT molecular complexity index is 936. The van der Waals surface area contributed by atoms with E-state index in [0.717, 1.165) is 16.9 Å². The molecular weight excluding hydrogens is 326 g/mol. The number of aromatic nitrogens is 1. The second-order valence-electron chi connectivity index (χ2n) is 6.11. The molecule has 132 valence electrons. The molecule has 1 heterocycles. The Morgan fingerprint density at radius 1 is 1.15 bits per heavy atom. The van der Waals surface area contributed by atoms with Crippen molar-refractivity contribution >= 4 is 11.9 Å². The van der Waals surface area contributed by atoms with Crippen molar-refractivity contribution in [1.29, 1.82) is 0 Å². The summed E-state index contributed by atoms with van der Waals surface area (Å²) < 4.78 is 7.07. The zero-order chi connectivity index (χ0) is 18.5. The maximum absolute atomic E-state index is 12.8. The molecule has 0 spiro atoms. The molecule has 0 amide bonds. The summed E-state index contributed by atoms with van der Waals surface area (Å²) in [4.78, 5) is 12.8. The lowest BCUT2D eigenvalue weighted by Gasteiger charge is -2.07. The molecule has 0 aliphatic rings. The largest absolute Gasteiger partial charge is 0.508 e. The van der Waals surface area contributed by atoms with Crippen molar-refractivity contribution in [3.63, 3.8) is 0 Å². The topological polar surface area (TPSA) is 51.5 Å². The van der Waals surface area contributed by atoms with Crippen LogP contribution in [0.1, 0.15) is 27.2 Å². The van der Waals surface area contributed by atoms with E-state index in [-0.39, 0.29) is 11.5 Å². The first kappa shape index (κ1) is 17.5. The molecule has 0 atom stereocenters. The van der Waals surface area contributed by atoms with Gasteiger partial charge in [0.05, 0.1) is 12.8 Å². The molecular formula is C22H21NO3. The Labute approximate surface area is 153 Å². The van der Waals surface area contributed by atoms with Gasteiger partial charge >= 0.3 is 0 Å². The maximum Gasteiger partial charge on any atom is 0.209 e. The highest BCUT2D eigenvalue weighted by molar-refractivity contribution is 6.08. The fourth-order valence-corrected chi connectivity index (χ4v) is 2.82. The van der Waals surface area contributed by atoms with Crippen LogP contribution in [0.5, 0.6) is 11.5 Å². The molecule has 1 aromatic heterocycles. The van der Waals surface area contributed by atoms with Crippen LogP contribution < -0.4 is 4.74 Å².